The van der Waals surface area contributed by atoms with Crippen molar-refractivity contribution >= 4 is 11.5 Å². The maximum absolute atomic E-state index is 11.0. The van der Waals surface area contributed by atoms with E-state index in [4.69, 9.17) is 0 Å². The number of nitrogens with one attached hydrogen (secondary N) is 1. The van der Waals surface area contributed by atoms with Crippen molar-refractivity contribution in [3.8, 4) is 0 Å². The zero-order chi connectivity index (χ0) is 13.5. The Kier molecular flexibility index (Phi) is 4.85. The molecule has 6 heteroatoms. The molecular formula is C13H18N4O2. The molecule has 0 unspecified atom stereocenters. The van der Waals surface area contributed by atoms with Crippen LogP contribution in [0.15, 0.2) is 35.4 Å². The number of nitrogens with zero attached hydrogens (tertiary/aromatic N) is 3. The standard InChI is InChI=1S/C13H18N4O2/c18-17(19)13(11-16-9-5-2-6-10-16)15-14-12-7-3-1-4-8-12/h1,3-4,7-8,14H,2,5-6,9-11H2/b15-13+. The van der Waals surface area contributed by atoms with Gasteiger partial charge in [0.15, 0.2) is 0 Å². The molecule has 0 saturated carbocycles. The molecule has 1 heterocycles. The molecule has 19 heavy (non-hydrogen) atoms. The number of hydrogen-bond acceptors (Lipinski definition) is 5. The third-order valence-electron chi connectivity index (χ3n) is 3.11. The summed E-state index contributed by atoms with van der Waals surface area (Å²) in [6, 6.07) is 9.24. The van der Waals surface area contributed by atoms with E-state index >= 15 is 0 Å². The number of piperidine rings is 1. The number of nitro groups is 1. The fourth-order valence-corrected chi connectivity index (χ4v) is 2.09. The fourth-order valence-electron chi connectivity index (χ4n) is 2.09. The smallest absolute Gasteiger partial charge is 0.358 e. The minimum Gasteiger partial charge on any atom is -0.358 e. The summed E-state index contributed by atoms with van der Waals surface area (Å²) >= 11 is 0. The normalized spacial score (nSPS) is 17.2. The first-order chi connectivity index (χ1) is 9.25. The van der Waals surface area contributed by atoms with Gasteiger partial charge in [-0.1, -0.05) is 24.6 Å². The van der Waals surface area contributed by atoms with E-state index in [2.05, 4.69) is 15.4 Å². The number of amidine groups is 1. The van der Waals surface area contributed by atoms with E-state index in [9.17, 15) is 10.1 Å². The lowest BCUT2D eigenvalue weighted by molar-refractivity contribution is -0.353. The molecule has 1 aromatic carbocycles. The molecule has 1 aromatic rings. The van der Waals surface area contributed by atoms with Crippen molar-refractivity contribution in [1.29, 1.82) is 0 Å². The van der Waals surface area contributed by atoms with E-state index < -0.39 is 4.92 Å². The van der Waals surface area contributed by atoms with Crippen LogP contribution in [0.4, 0.5) is 5.69 Å². The van der Waals surface area contributed by atoms with Crippen LogP contribution < -0.4 is 5.43 Å². The number of rotatable bonds is 4. The molecule has 1 N–H and O–H groups in total. The Balaban J connectivity index is 1.96. The van der Waals surface area contributed by atoms with Crippen LogP contribution in [0.25, 0.3) is 0 Å². The summed E-state index contributed by atoms with van der Waals surface area (Å²) < 4.78 is 0. The van der Waals surface area contributed by atoms with E-state index in [-0.39, 0.29) is 5.84 Å². The van der Waals surface area contributed by atoms with Gasteiger partial charge in [-0.2, -0.15) is 5.43 Å². The molecule has 0 radical (unpaired) electrons. The molecule has 0 bridgehead atoms. The summed E-state index contributed by atoms with van der Waals surface area (Å²) in [6.45, 7) is 2.13. The van der Waals surface area contributed by atoms with E-state index in [1.54, 1.807) is 0 Å². The number of likely N-dealkylation sites (tertiary alicyclic amines) is 1. The largest absolute Gasteiger partial charge is 0.377 e. The first-order valence-electron chi connectivity index (χ1n) is 6.50. The summed E-state index contributed by atoms with van der Waals surface area (Å²) in [5.74, 6) is -0.0363. The van der Waals surface area contributed by atoms with Crippen LogP contribution in [0.3, 0.4) is 0 Å². The minimum atomic E-state index is -0.412. The summed E-state index contributed by atoms with van der Waals surface area (Å²) in [6.07, 6.45) is 3.43. The van der Waals surface area contributed by atoms with Crippen molar-refractivity contribution in [2.24, 2.45) is 5.10 Å². The highest BCUT2D eigenvalue weighted by atomic mass is 16.6. The first-order valence-corrected chi connectivity index (χ1v) is 6.50. The molecule has 1 aliphatic rings. The molecule has 1 saturated heterocycles. The van der Waals surface area contributed by atoms with Gasteiger partial charge in [-0.25, -0.2) is 0 Å². The van der Waals surface area contributed by atoms with Gasteiger partial charge >= 0.3 is 5.84 Å². The minimum absolute atomic E-state index is 0.0363. The maximum atomic E-state index is 11.0. The molecule has 0 aliphatic carbocycles. The van der Waals surface area contributed by atoms with Gasteiger partial charge in [0.05, 0.1) is 10.8 Å². The molecule has 0 amide bonds. The third-order valence-corrected chi connectivity index (χ3v) is 3.11. The lowest BCUT2D eigenvalue weighted by Gasteiger charge is -2.24. The van der Waals surface area contributed by atoms with Crippen molar-refractivity contribution in [3.05, 3.63) is 40.4 Å². The Morgan fingerprint density at radius 3 is 2.58 bits per heavy atom. The van der Waals surface area contributed by atoms with E-state index in [0.29, 0.717) is 6.54 Å². The average Bonchev–Trinajstić information content (AvgIpc) is 2.45. The monoisotopic (exact) mass is 262 g/mol. The van der Waals surface area contributed by atoms with Gasteiger partial charge in [0.1, 0.15) is 6.54 Å². The van der Waals surface area contributed by atoms with Gasteiger partial charge in [-0.3, -0.25) is 4.90 Å². The Morgan fingerprint density at radius 1 is 1.26 bits per heavy atom. The second kappa shape index (κ2) is 6.84. The third kappa shape index (κ3) is 4.33. The molecule has 102 valence electrons. The highest BCUT2D eigenvalue weighted by Gasteiger charge is 2.20. The van der Waals surface area contributed by atoms with Gasteiger partial charge in [-0.15, -0.1) is 0 Å². The van der Waals surface area contributed by atoms with Crippen LogP contribution in [-0.4, -0.2) is 35.3 Å². The summed E-state index contributed by atoms with van der Waals surface area (Å²) in [7, 11) is 0. The molecule has 6 nitrogen and oxygen atoms in total. The number of hydrogen-bond donors (Lipinski definition) is 1. The van der Waals surface area contributed by atoms with Gasteiger partial charge in [0, 0.05) is 0 Å². The van der Waals surface area contributed by atoms with Crippen molar-refractivity contribution in [1.82, 2.24) is 4.90 Å². The second-order valence-electron chi connectivity index (χ2n) is 4.60. The van der Waals surface area contributed by atoms with Crippen LogP contribution in [0.5, 0.6) is 0 Å². The van der Waals surface area contributed by atoms with Crippen LogP contribution in [0.1, 0.15) is 19.3 Å². The van der Waals surface area contributed by atoms with E-state index in [0.717, 1.165) is 31.6 Å². The Labute approximate surface area is 112 Å². The predicted molar refractivity (Wildman–Crippen MR) is 74.8 cm³/mol. The number of para-hydroxylation sites is 1. The molecule has 0 spiro atoms. The number of anilines is 1. The Hall–Kier alpha value is -1.95. The van der Waals surface area contributed by atoms with Crippen LogP contribution in [0, 0.1) is 10.1 Å². The zero-order valence-corrected chi connectivity index (χ0v) is 10.8. The van der Waals surface area contributed by atoms with Crippen molar-refractivity contribution in [2.45, 2.75) is 19.3 Å². The van der Waals surface area contributed by atoms with Gasteiger partial charge in [-0.05, 0) is 43.0 Å². The van der Waals surface area contributed by atoms with Gasteiger partial charge in [0.25, 0.3) is 0 Å². The Morgan fingerprint density at radius 2 is 1.95 bits per heavy atom. The molecule has 2 rings (SSSR count). The molecular weight excluding hydrogens is 244 g/mol. The lowest BCUT2D eigenvalue weighted by atomic mass is 10.1. The fraction of sp³-hybridized carbons (Fsp3) is 0.462. The highest BCUT2D eigenvalue weighted by Crippen LogP contribution is 2.09. The lowest BCUT2D eigenvalue weighted by Crippen LogP contribution is -2.37. The molecule has 0 aromatic heterocycles. The maximum Gasteiger partial charge on any atom is 0.377 e. The summed E-state index contributed by atoms with van der Waals surface area (Å²) in [4.78, 5) is 12.7. The number of benzene rings is 1. The molecule has 1 aliphatic heterocycles. The molecule has 1 fully saturated rings. The quantitative estimate of drug-likeness (QED) is 0.391. The summed E-state index contributed by atoms with van der Waals surface area (Å²) in [5, 5.41) is 14.9. The van der Waals surface area contributed by atoms with Crippen molar-refractivity contribution in [2.75, 3.05) is 25.1 Å². The van der Waals surface area contributed by atoms with Gasteiger partial charge < -0.3 is 10.1 Å². The zero-order valence-electron chi connectivity index (χ0n) is 10.8. The number of hydrazone groups is 1. The van der Waals surface area contributed by atoms with E-state index in [1.807, 2.05) is 30.3 Å². The highest BCUT2D eigenvalue weighted by molar-refractivity contribution is 5.77. The average molecular weight is 262 g/mol. The van der Waals surface area contributed by atoms with Gasteiger partial charge in [0.2, 0.25) is 0 Å². The Bertz CT molecular complexity index is 441. The molecule has 0 atom stereocenters. The van der Waals surface area contributed by atoms with Crippen LogP contribution in [0.2, 0.25) is 0 Å². The van der Waals surface area contributed by atoms with Crippen LogP contribution in [-0.2, 0) is 0 Å². The predicted octanol–water partition coefficient (Wildman–Crippen LogP) is 2.17. The van der Waals surface area contributed by atoms with Crippen molar-refractivity contribution in [3.63, 3.8) is 0 Å². The van der Waals surface area contributed by atoms with E-state index in [1.165, 1.54) is 6.42 Å². The van der Waals surface area contributed by atoms with Crippen LogP contribution >= 0.6 is 0 Å². The first kappa shape index (κ1) is 13.5. The topological polar surface area (TPSA) is 70.8 Å². The second-order valence-corrected chi connectivity index (χ2v) is 4.60. The SMILES string of the molecule is O=[N+]([O-])/C(CN1CCCCC1)=N/Nc1ccccc1. The van der Waals surface area contributed by atoms with Crippen molar-refractivity contribution < 1.29 is 4.92 Å². The summed E-state index contributed by atoms with van der Waals surface area (Å²) in [5.41, 5.74) is 3.49.